The minimum atomic E-state index is -1.06. The van der Waals surface area contributed by atoms with Gasteiger partial charge in [0.15, 0.2) is 0 Å². The molecule has 0 aliphatic heterocycles. The van der Waals surface area contributed by atoms with Gasteiger partial charge < -0.3 is 20.1 Å². The molecule has 0 radical (unpaired) electrons. The van der Waals surface area contributed by atoms with Gasteiger partial charge in [-0.1, -0.05) is 62.4 Å². The van der Waals surface area contributed by atoms with Crippen LogP contribution in [-0.2, 0) is 14.3 Å². The molecule has 1 aliphatic rings. The van der Waals surface area contributed by atoms with Crippen molar-refractivity contribution in [1.29, 1.82) is 0 Å². The van der Waals surface area contributed by atoms with Crippen molar-refractivity contribution in [3.63, 3.8) is 0 Å². The van der Waals surface area contributed by atoms with Crippen molar-refractivity contribution in [1.82, 2.24) is 10.2 Å². The molecule has 7 nitrogen and oxygen atoms in total. The zero-order chi connectivity index (χ0) is 25.1. The SMILES string of the molecule is CC(C)(CCNC(=O)OCC1c2ccccc2-c2ccccc21)C(=O)N(CC(=O)O)C(C)(C)C. The Morgan fingerprint density at radius 3 is 1.97 bits per heavy atom. The van der Waals surface area contributed by atoms with E-state index in [1.165, 1.54) is 4.90 Å². The number of benzene rings is 2. The Morgan fingerprint density at radius 1 is 0.941 bits per heavy atom. The number of carboxylic acid groups (broad SMARTS) is 1. The third-order valence-electron chi connectivity index (χ3n) is 6.29. The minimum Gasteiger partial charge on any atom is -0.480 e. The van der Waals surface area contributed by atoms with E-state index in [4.69, 9.17) is 4.74 Å². The number of rotatable bonds is 8. The number of ether oxygens (including phenoxy) is 1. The molecule has 0 saturated carbocycles. The maximum Gasteiger partial charge on any atom is 0.407 e. The number of nitrogens with one attached hydrogen (secondary N) is 1. The second-order valence-corrected chi connectivity index (χ2v) is 10.3. The van der Waals surface area contributed by atoms with Crippen LogP contribution in [-0.4, -0.2) is 53.2 Å². The van der Waals surface area contributed by atoms with Crippen molar-refractivity contribution in [3.8, 4) is 11.1 Å². The molecule has 7 heteroatoms. The number of nitrogens with zero attached hydrogens (tertiary/aromatic N) is 1. The van der Waals surface area contributed by atoms with Crippen LogP contribution in [0.2, 0.25) is 0 Å². The third kappa shape index (κ3) is 5.58. The minimum absolute atomic E-state index is 0.0208. The molecule has 34 heavy (non-hydrogen) atoms. The van der Waals surface area contributed by atoms with Crippen LogP contribution < -0.4 is 5.32 Å². The number of aliphatic carboxylic acids is 1. The Balaban J connectivity index is 1.56. The average Bonchev–Trinajstić information content (AvgIpc) is 3.08. The first-order valence-electron chi connectivity index (χ1n) is 11.5. The molecule has 1 aliphatic carbocycles. The quantitative estimate of drug-likeness (QED) is 0.590. The number of hydrogen-bond donors (Lipinski definition) is 2. The first kappa shape index (κ1) is 25.3. The zero-order valence-electron chi connectivity index (χ0n) is 20.6. The fourth-order valence-electron chi connectivity index (χ4n) is 4.35. The van der Waals surface area contributed by atoms with Gasteiger partial charge in [-0.15, -0.1) is 0 Å². The molecule has 2 aromatic carbocycles. The summed E-state index contributed by atoms with van der Waals surface area (Å²) in [5.74, 6) is -1.35. The van der Waals surface area contributed by atoms with Crippen LogP contribution in [0.1, 0.15) is 58.1 Å². The summed E-state index contributed by atoms with van der Waals surface area (Å²) in [4.78, 5) is 38.1. The van der Waals surface area contributed by atoms with Crippen LogP contribution in [0, 0.1) is 5.41 Å². The largest absolute Gasteiger partial charge is 0.480 e. The Morgan fingerprint density at radius 2 is 1.47 bits per heavy atom. The number of carboxylic acids is 1. The molecule has 2 aromatic rings. The predicted molar refractivity (Wildman–Crippen MR) is 131 cm³/mol. The third-order valence-corrected chi connectivity index (χ3v) is 6.29. The van der Waals surface area contributed by atoms with Crippen LogP contribution in [0.15, 0.2) is 48.5 Å². The van der Waals surface area contributed by atoms with E-state index in [1.54, 1.807) is 34.6 Å². The number of alkyl carbamates (subject to hydrolysis) is 1. The maximum absolute atomic E-state index is 13.1. The average molecular weight is 467 g/mol. The number of fused-ring (bicyclic) bond motifs is 3. The lowest BCUT2D eigenvalue weighted by Gasteiger charge is -2.39. The van der Waals surface area contributed by atoms with Gasteiger partial charge in [-0.3, -0.25) is 9.59 Å². The van der Waals surface area contributed by atoms with E-state index in [1.807, 2.05) is 24.3 Å². The molecule has 0 fully saturated rings. The highest BCUT2D eigenvalue weighted by atomic mass is 16.5. The lowest BCUT2D eigenvalue weighted by atomic mass is 9.86. The summed E-state index contributed by atoms with van der Waals surface area (Å²) in [5, 5.41) is 12.0. The molecule has 2 N–H and O–H groups in total. The summed E-state index contributed by atoms with van der Waals surface area (Å²) in [6.45, 7) is 9.02. The van der Waals surface area contributed by atoms with Crippen LogP contribution in [0.3, 0.4) is 0 Å². The van der Waals surface area contributed by atoms with Gasteiger partial charge >= 0.3 is 12.1 Å². The molecule has 0 heterocycles. The zero-order valence-corrected chi connectivity index (χ0v) is 20.6. The molecule has 0 spiro atoms. The highest BCUT2D eigenvalue weighted by Crippen LogP contribution is 2.44. The highest BCUT2D eigenvalue weighted by molar-refractivity contribution is 5.86. The fraction of sp³-hybridized carbons (Fsp3) is 0.444. The van der Waals surface area contributed by atoms with E-state index >= 15 is 0 Å². The molecule has 0 unspecified atom stereocenters. The predicted octanol–water partition coefficient (Wildman–Crippen LogP) is 4.65. The van der Waals surface area contributed by atoms with Gasteiger partial charge in [0.25, 0.3) is 0 Å². The Kier molecular flexibility index (Phi) is 7.34. The number of carbonyl (C=O) groups is 3. The number of hydrogen-bond acceptors (Lipinski definition) is 4. The smallest absolute Gasteiger partial charge is 0.407 e. The van der Waals surface area contributed by atoms with Crippen LogP contribution in [0.4, 0.5) is 4.79 Å². The van der Waals surface area contributed by atoms with E-state index < -0.39 is 23.0 Å². The van der Waals surface area contributed by atoms with Crippen molar-refractivity contribution in [2.45, 2.75) is 52.5 Å². The van der Waals surface area contributed by atoms with Gasteiger partial charge in [-0.2, -0.15) is 0 Å². The van der Waals surface area contributed by atoms with Gasteiger partial charge in [0.05, 0.1) is 0 Å². The number of amides is 2. The standard InChI is InChI=1S/C27H34N2O5/c1-26(2,3)29(16-23(30)31)24(32)27(4,5)14-15-28-25(33)34-17-22-20-12-8-6-10-18(20)19-11-7-9-13-21(19)22/h6-13,22H,14-17H2,1-5H3,(H,28,33)(H,30,31). The Labute approximate surface area is 201 Å². The summed E-state index contributed by atoms with van der Waals surface area (Å²) in [6, 6.07) is 16.3. The first-order valence-corrected chi connectivity index (χ1v) is 11.5. The van der Waals surface area contributed by atoms with Gasteiger partial charge in [-0.05, 0) is 49.4 Å². The van der Waals surface area contributed by atoms with E-state index in [9.17, 15) is 19.5 Å². The highest BCUT2D eigenvalue weighted by Gasteiger charge is 2.38. The molecule has 0 aromatic heterocycles. The van der Waals surface area contributed by atoms with Gasteiger partial charge in [0.1, 0.15) is 13.2 Å². The summed E-state index contributed by atoms with van der Waals surface area (Å²) in [6.07, 6.45) is -0.189. The van der Waals surface area contributed by atoms with E-state index in [-0.39, 0.29) is 31.5 Å². The molecule has 182 valence electrons. The second-order valence-electron chi connectivity index (χ2n) is 10.3. The maximum atomic E-state index is 13.1. The van der Waals surface area contributed by atoms with Crippen molar-refractivity contribution < 1.29 is 24.2 Å². The van der Waals surface area contributed by atoms with Crippen molar-refractivity contribution >= 4 is 18.0 Å². The Hall–Kier alpha value is -3.35. The molecular formula is C27H34N2O5. The summed E-state index contributed by atoms with van der Waals surface area (Å²) < 4.78 is 5.55. The molecule has 0 atom stereocenters. The monoisotopic (exact) mass is 466 g/mol. The lowest BCUT2D eigenvalue weighted by molar-refractivity contribution is -0.153. The molecule has 0 bridgehead atoms. The van der Waals surface area contributed by atoms with Crippen LogP contribution >= 0.6 is 0 Å². The van der Waals surface area contributed by atoms with Crippen LogP contribution in [0.5, 0.6) is 0 Å². The van der Waals surface area contributed by atoms with Gasteiger partial charge in [0.2, 0.25) is 5.91 Å². The molecule has 2 amide bonds. The van der Waals surface area contributed by atoms with Crippen LogP contribution in [0.25, 0.3) is 11.1 Å². The first-order chi connectivity index (χ1) is 15.9. The molecular weight excluding hydrogens is 432 g/mol. The van der Waals surface area contributed by atoms with Gasteiger partial charge in [0, 0.05) is 23.4 Å². The molecule has 3 rings (SSSR count). The lowest BCUT2D eigenvalue weighted by Crippen LogP contribution is -2.53. The van der Waals surface area contributed by atoms with Crippen molar-refractivity contribution in [2.24, 2.45) is 5.41 Å². The topological polar surface area (TPSA) is 95.9 Å². The Bertz CT molecular complexity index is 1030. The van der Waals surface area contributed by atoms with E-state index in [0.717, 1.165) is 22.3 Å². The van der Waals surface area contributed by atoms with Crippen molar-refractivity contribution in [2.75, 3.05) is 19.7 Å². The van der Waals surface area contributed by atoms with E-state index in [0.29, 0.717) is 6.42 Å². The summed E-state index contributed by atoms with van der Waals surface area (Å²) in [7, 11) is 0. The van der Waals surface area contributed by atoms with Gasteiger partial charge in [-0.25, -0.2) is 4.79 Å². The summed E-state index contributed by atoms with van der Waals surface area (Å²) in [5.41, 5.74) is 3.13. The van der Waals surface area contributed by atoms with Crippen molar-refractivity contribution in [3.05, 3.63) is 59.7 Å². The van der Waals surface area contributed by atoms with E-state index in [2.05, 4.69) is 29.6 Å². The normalized spacial score (nSPS) is 13.1. The summed E-state index contributed by atoms with van der Waals surface area (Å²) >= 11 is 0. The second kappa shape index (κ2) is 9.87. The molecule has 0 saturated heterocycles. The number of carbonyl (C=O) groups excluding carboxylic acids is 2. The fourth-order valence-corrected chi connectivity index (χ4v) is 4.35.